The normalized spacial score (nSPS) is 67.7. The number of aliphatic hydroxyl groups is 6. The standard InChI is InChI=1S/C30H42O8/c1-7-3-9(31)19-23-15(7)16-8(2)4-10(32)20-24(16)28-26-18(12(34)6-14(36)22(26)30(20)38)17-11(33)5-13(35)21(29(19)37)25(17)27(23)28/h7-28,31-36H,3-6H2,1-2H3. The highest BCUT2D eigenvalue weighted by Gasteiger charge is 2.77. The second kappa shape index (κ2) is 7.89. The van der Waals surface area contributed by atoms with E-state index in [-0.39, 0.29) is 83.6 Å². The van der Waals surface area contributed by atoms with Crippen molar-refractivity contribution in [3.63, 3.8) is 0 Å². The van der Waals surface area contributed by atoms with E-state index in [4.69, 9.17) is 0 Å². The summed E-state index contributed by atoms with van der Waals surface area (Å²) in [6.07, 6.45) is -4.26. The monoisotopic (exact) mass is 530 g/mol. The molecule has 210 valence electrons. The van der Waals surface area contributed by atoms with Gasteiger partial charge >= 0.3 is 0 Å². The fraction of sp³-hybridized carbons (Fsp3) is 0.933. The lowest BCUT2D eigenvalue weighted by molar-refractivity contribution is -0.302. The molecule has 22 atom stereocenters. The molecule has 0 heterocycles. The average molecular weight is 531 g/mol. The van der Waals surface area contributed by atoms with Gasteiger partial charge in [0.05, 0.1) is 36.6 Å². The summed E-state index contributed by atoms with van der Waals surface area (Å²) in [5.74, 6) is -4.14. The zero-order chi connectivity index (χ0) is 26.7. The van der Waals surface area contributed by atoms with E-state index in [0.717, 1.165) is 0 Å². The van der Waals surface area contributed by atoms with Crippen LogP contribution >= 0.6 is 0 Å². The molecule has 0 aromatic carbocycles. The third-order valence-corrected chi connectivity index (χ3v) is 13.9. The van der Waals surface area contributed by atoms with Crippen molar-refractivity contribution in [1.29, 1.82) is 0 Å². The van der Waals surface area contributed by atoms with Gasteiger partial charge in [-0.3, -0.25) is 9.59 Å². The molecule has 8 aliphatic rings. The first kappa shape index (κ1) is 24.9. The van der Waals surface area contributed by atoms with Gasteiger partial charge in [-0.25, -0.2) is 0 Å². The van der Waals surface area contributed by atoms with Gasteiger partial charge < -0.3 is 30.6 Å². The number of rotatable bonds is 0. The first-order valence-electron chi connectivity index (χ1n) is 15.2. The van der Waals surface area contributed by atoms with Crippen molar-refractivity contribution < 1.29 is 40.2 Å². The number of hydrogen-bond acceptors (Lipinski definition) is 8. The maximum atomic E-state index is 14.2. The van der Waals surface area contributed by atoms with Crippen molar-refractivity contribution >= 4 is 11.6 Å². The van der Waals surface area contributed by atoms with Gasteiger partial charge in [-0.2, -0.15) is 0 Å². The predicted molar refractivity (Wildman–Crippen MR) is 132 cm³/mol. The molecule has 0 aromatic rings. The zero-order valence-corrected chi connectivity index (χ0v) is 22.0. The summed E-state index contributed by atoms with van der Waals surface area (Å²) in [7, 11) is 0. The smallest absolute Gasteiger partial charge is 0.144 e. The van der Waals surface area contributed by atoms with Gasteiger partial charge in [0.25, 0.3) is 0 Å². The molecule has 8 rings (SSSR count). The number of aliphatic hydroxyl groups excluding tert-OH is 6. The average Bonchev–Trinajstić information content (AvgIpc) is 2.82. The molecule has 0 bridgehead atoms. The predicted octanol–water partition coefficient (Wildman–Crippen LogP) is -0.142. The third kappa shape index (κ3) is 2.69. The van der Waals surface area contributed by atoms with Gasteiger partial charge in [-0.1, -0.05) is 13.8 Å². The van der Waals surface area contributed by atoms with E-state index in [0.29, 0.717) is 12.8 Å². The van der Waals surface area contributed by atoms with Crippen LogP contribution in [0.5, 0.6) is 0 Å². The Morgan fingerprint density at radius 2 is 0.684 bits per heavy atom. The van der Waals surface area contributed by atoms with E-state index in [1.807, 2.05) is 0 Å². The maximum absolute atomic E-state index is 14.2. The number of carbonyl (C=O) groups is 2. The van der Waals surface area contributed by atoms with Crippen LogP contribution in [-0.4, -0.2) is 78.8 Å². The number of carbonyl (C=O) groups excluding carboxylic acids is 2. The summed E-state index contributed by atoms with van der Waals surface area (Å²) < 4.78 is 0. The molecule has 8 fully saturated rings. The Morgan fingerprint density at radius 1 is 0.395 bits per heavy atom. The van der Waals surface area contributed by atoms with Gasteiger partial charge in [0.1, 0.15) is 11.6 Å². The second-order valence-electron chi connectivity index (χ2n) is 15.0. The van der Waals surface area contributed by atoms with Crippen LogP contribution < -0.4 is 0 Å². The molecule has 0 amide bonds. The number of fused-ring (bicyclic) bond motifs is 2. The van der Waals surface area contributed by atoms with Crippen molar-refractivity contribution in [2.45, 2.75) is 76.2 Å². The molecule has 8 nitrogen and oxygen atoms in total. The molecule has 22 unspecified atom stereocenters. The van der Waals surface area contributed by atoms with Crippen LogP contribution in [-0.2, 0) is 9.59 Å². The highest BCUT2D eigenvalue weighted by atomic mass is 16.3. The Labute approximate surface area is 222 Å². The topological polar surface area (TPSA) is 156 Å². The Balaban J connectivity index is 1.41. The minimum atomic E-state index is -1.00. The molecule has 8 heteroatoms. The number of ketones is 2. The molecule has 0 aromatic heterocycles. The largest absolute Gasteiger partial charge is 0.393 e. The van der Waals surface area contributed by atoms with Crippen molar-refractivity contribution in [3.05, 3.63) is 0 Å². The van der Waals surface area contributed by atoms with E-state index in [1.54, 1.807) is 0 Å². The summed E-state index contributed by atoms with van der Waals surface area (Å²) >= 11 is 0. The molecule has 0 saturated heterocycles. The van der Waals surface area contributed by atoms with Crippen molar-refractivity contribution in [2.24, 2.45) is 94.7 Å². The lowest BCUT2D eigenvalue weighted by Crippen LogP contribution is -2.78. The summed E-state index contributed by atoms with van der Waals surface area (Å²) in [6, 6.07) is 0. The van der Waals surface area contributed by atoms with Gasteiger partial charge in [-0.05, 0) is 83.9 Å². The third-order valence-electron chi connectivity index (χ3n) is 13.9. The summed E-state index contributed by atoms with van der Waals surface area (Å²) in [5.41, 5.74) is 0. The Kier molecular flexibility index (Phi) is 5.16. The van der Waals surface area contributed by atoms with Gasteiger partial charge in [0, 0.05) is 36.5 Å². The molecular formula is C30H42O8. The maximum Gasteiger partial charge on any atom is 0.144 e. The van der Waals surface area contributed by atoms with Gasteiger partial charge in [-0.15, -0.1) is 0 Å². The van der Waals surface area contributed by atoms with Crippen LogP contribution in [0.1, 0.15) is 39.5 Å². The second-order valence-corrected chi connectivity index (χ2v) is 15.0. The minimum absolute atomic E-state index is 0.0454. The highest BCUT2D eigenvalue weighted by Crippen LogP contribution is 2.75. The van der Waals surface area contributed by atoms with Crippen LogP contribution in [0.25, 0.3) is 0 Å². The van der Waals surface area contributed by atoms with E-state index < -0.39 is 72.1 Å². The quantitative estimate of drug-likeness (QED) is 0.253. The highest BCUT2D eigenvalue weighted by molar-refractivity contribution is 5.88. The van der Waals surface area contributed by atoms with E-state index in [9.17, 15) is 40.2 Å². The van der Waals surface area contributed by atoms with Crippen molar-refractivity contribution in [3.8, 4) is 0 Å². The van der Waals surface area contributed by atoms with Crippen LogP contribution in [0.2, 0.25) is 0 Å². The van der Waals surface area contributed by atoms with Crippen LogP contribution in [0.15, 0.2) is 0 Å². The fourth-order valence-electron chi connectivity index (χ4n) is 13.5. The Bertz CT molecular complexity index is 905. The number of hydrogen-bond donors (Lipinski definition) is 6. The minimum Gasteiger partial charge on any atom is -0.393 e. The summed E-state index contributed by atoms with van der Waals surface area (Å²) in [4.78, 5) is 28.5. The lowest BCUT2D eigenvalue weighted by Gasteiger charge is -2.75. The molecule has 38 heavy (non-hydrogen) atoms. The molecule has 0 aliphatic heterocycles. The van der Waals surface area contributed by atoms with E-state index in [2.05, 4.69) is 13.8 Å². The lowest BCUT2D eigenvalue weighted by atomic mass is 9.29. The zero-order valence-electron chi connectivity index (χ0n) is 22.0. The first-order chi connectivity index (χ1) is 18.0. The van der Waals surface area contributed by atoms with Crippen molar-refractivity contribution in [2.75, 3.05) is 0 Å². The molecular weight excluding hydrogens is 488 g/mol. The molecule has 8 aliphatic carbocycles. The fourth-order valence-corrected chi connectivity index (χ4v) is 13.5. The molecule has 0 radical (unpaired) electrons. The Morgan fingerprint density at radius 3 is 1.03 bits per heavy atom. The summed E-state index contributed by atoms with van der Waals surface area (Å²) in [5, 5.41) is 68.3. The SMILES string of the molecule is CC1CC(O)C2C(=O)C3C(O)CC(O)C4C5C(O)CC(O)C6C(=O)C7C(O)CC(C)C8C1C2C(C34)C(C78)C65. The first-order valence-corrected chi connectivity index (χ1v) is 15.2. The molecule has 6 N–H and O–H groups in total. The molecule has 8 saturated carbocycles. The van der Waals surface area contributed by atoms with Crippen molar-refractivity contribution in [1.82, 2.24) is 0 Å². The molecule has 0 spiro atoms. The van der Waals surface area contributed by atoms with Gasteiger partial charge in [0.15, 0.2) is 0 Å². The van der Waals surface area contributed by atoms with Gasteiger partial charge in [0.2, 0.25) is 0 Å². The summed E-state index contributed by atoms with van der Waals surface area (Å²) in [6.45, 7) is 4.31. The van der Waals surface area contributed by atoms with Crippen LogP contribution in [0.3, 0.4) is 0 Å². The number of Topliss-reactive ketones (excluding diaryl/α,β-unsaturated/α-hetero) is 2. The van der Waals surface area contributed by atoms with Crippen LogP contribution in [0, 0.1) is 94.7 Å². The van der Waals surface area contributed by atoms with E-state index >= 15 is 0 Å². The van der Waals surface area contributed by atoms with Crippen LogP contribution in [0.4, 0.5) is 0 Å². The Hall–Kier alpha value is -0.900. The van der Waals surface area contributed by atoms with E-state index in [1.165, 1.54) is 0 Å².